The molecule has 1 aromatic rings. The van der Waals surface area contributed by atoms with Gasteiger partial charge in [0.1, 0.15) is 5.92 Å². The average Bonchev–Trinajstić information content (AvgIpc) is 2.47. The van der Waals surface area contributed by atoms with E-state index in [1.54, 1.807) is 26.0 Å². The fourth-order valence-electron chi connectivity index (χ4n) is 1.80. The highest BCUT2D eigenvalue weighted by atomic mass is 16.6. The van der Waals surface area contributed by atoms with Crippen molar-refractivity contribution in [3.63, 3.8) is 0 Å². The van der Waals surface area contributed by atoms with Crippen LogP contribution in [0.15, 0.2) is 36.4 Å². The zero-order chi connectivity index (χ0) is 15.8. The highest BCUT2D eigenvalue weighted by molar-refractivity contribution is 6.09. The third-order valence-corrected chi connectivity index (χ3v) is 2.84. The Morgan fingerprint density at radius 2 is 2.14 bits per heavy atom. The molecule has 0 heterocycles. The maximum Gasteiger partial charge on any atom is 0.317 e. The Bertz CT molecular complexity index is 565. The number of allylic oxidation sites excluding steroid dienone is 2. The van der Waals surface area contributed by atoms with Crippen molar-refractivity contribution in [1.29, 1.82) is 0 Å². The second-order valence-corrected chi connectivity index (χ2v) is 4.28. The van der Waals surface area contributed by atoms with Gasteiger partial charge in [0.2, 0.25) is 0 Å². The Kier molecular flexibility index (Phi) is 6.26. The van der Waals surface area contributed by atoms with Gasteiger partial charge in [-0.1, -0.05) is 24.3 Å². The summed E-state index contributed by atoms with van der Waals surface area (Å²) in [5, 5.41) is 10.7. The van der Waals surface area contributed by atoms with Gasteiger partial charge in [0.25, 0.3) is 5.69 Å². The minimum atomic E-state index is -0.983. The van der Waals surface area contributed by atoms with E-state index in [2.05, 4.69) is 0 Å². The van der Waals surface area contributed by atoms with Gasteiger partial charge in [-0.05, 0) is 20.3 Å². The summed E-state index contributed by atoms with van der Waals surface area (Å²) in [7, 11) is 0. The topological polar surface area (TPSA) is 86.5 Å². The fourth-order valence-corrected chi connectivity index (χ4v) is 1.80. The van der Waals surface area contributed by atoms with Crippen molar-refractivity contribution in [3.05, 3.63) is 52.1 Å². The molecule has 0 N–H and O–H groups in total. The van der Waals surface area contributed by atoms with E-state index in [4.69, 9.17) is 4.74 Å². The largest absolute Gasteiger partial charge is 0.465 e. The first-order valence-electron chi connectivity index (χ1n) is 6.57. The number of ketones is 1. The normalized spacial score (nSPS) is 12.1. The molecule has 6 nitrogen and oxygen atoms in total. The number of non-ortho nitro benzene ring substituents is 1. The predicted octanol–water partition coefficient (Wildman–Crippen LogP) is 2.92. The molecule has 0 radical (unpaired) electrons. The molecule has 0 spiro atoms. The van der Waals surface area contributed by atoms with Gasteiger partial charge in [-0.15, -0.1) is 0 Å². The van der Waals surface area contributed by atoms with Gasteiger partial charge in [0, 0.05) is 17.7 Å². The average molecular weight is 291 g/mol. The molecule has 112 valence electrons. The summed E-state index contributed by atoms with van der Waals surface area (Å²) in [6.45, 7) is 3.61. The first-order valence-corrected chi connectivity index (χ1v) is 6.57. The number of esters is 1. The predicted molar refractivity (Wildman–Crippen MR) is 77.0 cm³/mol. The molecule has 0 aliphatic heterocycles. The van der Waals surface area contributed by atoms with E-state index in [0.29, 0.717) is 0 Å². The molecule has 0 saturated carbocycles. The molecule has 0 aliphatic carbocycles. The molecule has 6 heteroatoms. The lowest BCUT2D eigenvalue weighted by molar-refractivity contribution is -0.384. The summed E-state index contributed by atoms with van der Waals surface area (Å²) in [5.74, 6) is -2.08. The van der Waals surface area contributed by atoms with Gasteiger partial charge < -0.3 is 4.74 Å². The maximum absolute atomic E-state index is 12.4. The van der Waals surface area contributed by atoms with Gasteiger partial charge in [0.15, 0.2) is 5.78 Å². The Morgan fingerprint density at radius 3 is 2.71 bits per heavy atom. The molecule has 0 aliphatic rings. The van der Waals surface area contributed by atoms with E-state index in [9.17, 15) is 19.7 Å². The lowest BCUT2D eigenvalue weighted by atomic mass is 9.94. The molecule has 21 heavy (non-hydrogen) atoms. The minimum absolute atomic E-state index is 0.131. The summed E-state index contributed by atoms with van der Waals surface area (Å²) in [6.07, 6.45) is 3.63. The number of carbonyl (C=O) groups is 2. The van der Waals surface area contributed by atoms with Crippen LogP contribution in [0.3, 0.4) is 0 Å². The number of hydrogen-bond donors (Lipinski definition) is 0. The Morgan fingerprint density at radius 1 is 1.43 bits per heavy atom. The molecular weight excluding hydrogens is 274 g/mol. The standard InChI is InChI=1S/C15H17NO5/c1-3-5-9-13(15(18)21-4-2)14(17)11-7-6-8-12(10-11)16(19)20/h3,5-8,10,13H,4,9H2,1-2H3. The fraction of sp³-hybridized carbons (Fsp3) is 0.333. The highest BCUT2D eigenvalue weighted by Crippen LogP contribution is 2.19. The van der Waals surface area contributed by atoms with E-state index in [0.717, 1.165) is 0 Å². The van der Waals surface area contributed by atoms with Crippen molar-refractivity contribution in [2.24, 2.45) is 5.92 Å². The molecule has 0 bridgehead atoms. The Balaban J connectivity index is 3.06. The van der Waals surface area contributed by atoms with Crippen LogP contribution in [0.5, 0.6) is 0 Å². The maximum atomic E-state index is 12.4. The van der Waals surface area contributed by atoms with Gasteiger partial charge in [0.05, 0.1) is 11.5 Å². The molecule has 1 atom stereocenters. The van der Waals surface area contributed by atoms with Crippen LogP contribution in [0.2, 0.25) is 0 Å². The SMILES string of the molecule is CC=CCC(C(=O)OCC)C(=O)c1cccc([N+](=O)[O-])c1. The highest BCUT2D eigenvalue weighted by Gasteiger charge is 2.28. The van der Waals surface area contributed by atoms with Crippen LogP contribution in [0, 0.1) is 16.0 Å². The van der Waals surface area contributed by atoms with Crippen molar-refractivity contribution in [2.45, 2.75) is 20.3 Å². The van der Waals surface area contributed by atoms with Gasteiger partial charge in [-0.3, -0.25) is 19.7 Å². The zero-order valence-corrected chi connectivity index (χ0v) is 11.9. The first kappa shape index (κ1) is 16.6. The van der Waals surface area contributed by atoms with Crippen LogP contribution < -0.4 is 0 Å². The summed E-state index contributed by atoms with van der Waals surface area (Å²) in [6, 6.07) is 5.34. The number of nitro benzene ring substituents is 1. The van der Waals surface area contributed by atoms with Crippen LogP contribution in [-0.2, 0) is 9.53 Å². The van der Waals surface area contributed by atoms with Crippen LogP contribution in [-0.4, -0.2) is 23.3 Å². The summed E-state index contributed by atoms with van der Waals surface area (Å²) in [4.78, 5) is 34.4. The molecule has 0 amide bonds. The lowest BCUT2D eigenvalue weighted by Crippen LogP contribution is -2.26. The third kappa shape index (κ3) is 4.52. The number of Topliss-reactive ketones (excluding diaryl/α,β-unsaturated/α-hetero) is 1. The lowest BCUT2D eigenvalue weighted by Gasteiger charge is -2.12. The minimum Gasteiger partial charge on any atom is -0.465 e. The third-order valence-electron chi connectivity index (χ3n) is 2.84. The number of nitro groups is 1. The quantitative estimate of drug-likeness (QED) is 0.192. The van der Waals surface area contributed by atoms with Crippen molar-refractivity contribution in [2.75, 3.05) is 6.61 Å². The van der Waals surface area contributed by atoms with Crippen LogP contribution >= 0.6 is 0 Å². The number of benzene rings is 1. The van der Waals surface area contributed by atoms with Crippen LogP contribution in [0.4, 0.5) is 5.69 Å². The van der Waals surface area contributed by atoms with Crippen molar-refractivity contribution in [1.82, 2.24) is 0 Å². The molecular formula is C15H17NO5. The summed E-state index contributed by atoms with van der Waals surface area (Å²) < 4.78 is 4.89. The molecule has 0 fully saturated rings. The Hall–Kier alpha value is -2.50. The molecule has 1 unspecified atom stereocenters. The second-order valence-electron chi connectivity index (χ2n) is 4.28. The van der Waals surface area contributed by atoms with E-state index in [-0.39, 0.29) is 24.3 Å². The molecule has 0 saturated heterocycles. The first-order chi connectivity index (χ1) is 10.0. The van der Waals surface area contributed by atoms with Gasteiger partial charge in [-0.2, -0.15) is 0 Å². The van der Waals surface area contributed by atoms with Crippen LogP contribution in [0.1, 0.15) is 30.6 Å². The number of nitrogens with zero attached hydrogens (tertiary/aromatic N) is 1. The van der Waals surface area contributed by atoms with E-state index in [1.807, 2.05) is 0 Å². The molecule has 1 rings (SSSR count). The van der Waals surface area contributed by atoms with Crippen LogP contribution in [0.25, 0.3) is 0 Å². The number of hydrogen-bond acceptors (Lipinski definition) is 5. The van der Waals surface area contributed by atoms with Crippen molar-refractivity contribution >= 4 is 17.4 Å². The van der Waals surface area contributed by atoms with Gasteiger partial charge in [-0.25, -0.2) is 0 Å². The second kappa shape index (κ2) is 7.94. The summed E-state index contributed by atoms with van der Waals surface area (Å²) in [5.41, 5.74) is -0.0544. The summed E-state index contributed by atoms with van der Waals surface area (Å²) >= 11 is 0. The molecule has 0 aromatic heterocycles. The Labute approximate surface area is 122 Å². The van der Waals surface area contributed by atoms with Gasteiger partial charge >= 0.3 is 5.97 Å². The zero-order valence-electron chi connectivity index (χ0n) is 11.9. The van der Waals surface area contributed by atoms with E-state index in [1.165, 1.54) is 24.3 Å². The van der Waals surface area contributed by atoms with Crippen molar-refractivity contribution < 1.29 is 19.2 Å². The molecule has 1 aromatic carbocycles. The number of rotatable bonds is 7. The smallest absolute Gasteiger partial charge is 0.317 e. The number of ether oxygens (including phenoxy) is 1. The van der Waals surface area contributed by atoms with E-state index >= 15 is 0 Å². The number of carbonyl (C=O) groups excluding carboxylic acids is 2. The monoisotopic (exact) mass is 291 g/mol. The van der Waals surface area contributed by atoms with Crippen molar-refractivity contribution in [3.8, 4) is 0 Å². The van der Waals surface area contributed by atoms with E-state index < -0.39 is 22.6 Å².